The summed E-state index contributed by atoms with van der Waals surface area (Å²) in [7, 11) is -4.77. The number of fused-ring (bicyclic) bond motifs is 4. The van der Waals surface area contributed by atoms with Gasteiger partial charge in [0.05, 0.1) is 24.5 Å². The van der Waals surface area contributed by atoms with Crippen LogP contribution in [0.1, 0.15) is 23.3 Å². The monoisotopic (exact) mass is 289 g/mol. The average Bonchev–Trinajstić information content (AvgIpc) is 2.89. The minimum Gasteiger partial charge on any atom is -0.328 e. The van der Waals surface area contributed by atoms with Gasteiger partial charge in [0.1, 0.15) is 6.04 Å². The van der Waals surface area contributed by atoms with Crippen molar-refractivity contribution in [2.75, 3.05) is 13.1 Å². The highest BCUT2D eigenvalue weighted by Crippen LogP contribution is 2.42. The van der Waals surface area contributed by atoms with E-state index in [1.165, 1.54) is 11.1 Å². The number of nitrogens with zero attached hydrogens (tertiary/aromatic N) is 3. The van der Waals surface area contributed by atoms with Crippen molar-refractivity contribution in [3.63, 3.8) is 0 Å². The molecule has 104 valence electrons. The lowest BCUT2D eigenvalue weighted by molar-refractivity contribution is -0.0317. The number of carbonyl (C=O) groups excluding carboxylic acids is 1. The summed E-state index contributed by atoms with van der Waals surface area (Å²) in [6.45, 7) is 0.385. The lowest BCUT2D eigenvalue weighted by Gasteiger charge is -2.28. The van der Waals surface area contributed by atoms with Crippen molar-refractivity contribution in [2.45, 2.75) is 12.1 Å². The Hall–Kier alpha value is -1.69. The normalized spacial score (nSPS) is 25.9. The second-order valence-electron chi connectivity index (χ2n) is 4.27. The first-order valence-electron chi connectivity index (χ1n) is 5.42. The molecule has 4 N–H and O–H groups in total. The number of carbonyl (C=O) groups is 1. The van der Waals surface area contributed by atoms with E-state index in [9.17, 15) is 13.2 Å². The molecule has 2 aliphatic rings. The van der Waals surface area contributed by atoms with Crippen molar-refractivity contribution in [3.05, 3.63) is 17.5 Å². The van der Waals surface area contributed by atoms with Gasteiger partial charge in [-0.05, 0) is 0 Å². The molecule has 3 rings (SSSR count). The molecule has 0 unspecified atom stereocenters. The Balaban J connectivity index is 2.04. The number of aromatic amines is 1. The van der Waals surface area contributed by atoms with E-state index in [0.717, 1.165) is 0 Å². The second-order valence-corrected chi connectivity index (χ2v) is 5.27. The van der Waals surface area contributed by atoms with E-state index in [4.69, 9.17) is 10.3 Å². The summed E-state index contributed by atoms with van der Waals surface area (Å²) in [6, 6.07) is -1.73. The molecule has 1 saturated heterocycles. The molecule has 0 spiro atoms. The highest BCUT2D eigenvalue weighted by atomic mass is 32.3. The number of nitrogens with one attached hydrogen (secondary N) is 1. The summed E-state index contributed by atoms with van der Waals surface area (Å²) >= 11 is 0. The molecule has 19 heavy (non-hydrogen) atoms. The minimum absolute atomic E-state index is 0.160. The number of hydrogen-bond acceptors (Lipinski definition) is 6. The molecule has 1 fully saturated rings. The molecule has 0 radical (unpaired) electrons. The van der Waals surface area contributed by atoms with Crippen LogP contribution < -0.4 is 5.73 Å². The minimum atomic E-state index is -4.77. The van der Waals surface area contributed by atoms with Crippen molar-refractivity contribution in [1.29, 1.82) is 0 Å². The molecule has 1 aromatic heterocycles. The Bertz CT molecular complexity index is 627. The van der Waals surface area contributed by atoms with E-state index >= 15 is 0 Å². The van der Waals surface area contributed by atoms with E-state index in [0.29, 0.717) is 16.3 Å². The third-order valence-corrected chi connectivity index (χ3v) is 3.60. The molecular formula is C8H11N5O5S. The standard InChI is InChI=1S/C8H11N5O5S/c9-1-5-7-4(2-10-11-7)6-3-12(5)8(14)13(6)18-19(15,16)17/h2,5-6H,1,3,9H2,(H,10,11)(H,15,16,17)/t5-,6-/m1/s1. The number of nitrogens with two attached hydrogens (primary N) is 1. The van der Waals surface area contributed by atoms with Crippen molar-refractivity contribution >= 4 is 16.4 Å². The van der Waals surface area contributed by atoms with Crippen molar-refractivity contribution < 1.29 is 22.0 Å². The molecule has 2 amide bonds. The summed E-state index contributed by atoms with van der Waals surface area (Å²) in [6.07, 6.45) is 1.49. The summed E-state index contributed by atoms with van der Waals surface area (Å²) in [4.78, 5) is 13.4. The van der Waals surface area contributed by atoms with Gasteiger partial charge in [-0.1, -0.05) is 0 Å². The van der Waals surface area contributed by atoms with Gasteiger partial charge in [-0.15, -0.1) is 4.28 Å². The average molecular weight is 289 g/mol. The van der Waals surface area contributed by atoms with E-state index in [2.05, 4.69) is 14.5 Å². The van der Waals surface area contributed by atoms with Crippen LogP contribution in [0.2, 0.25) is 0 Å². The fraction of sp³-hybridized carbons (Fsp3) is 0.500. The zero-order chi connectivity index (χ0) is 13.8. The fourth-order valence-electron chi connectivity index (χ4n) is 2.51. The largest absolute Gasteiger partial charge is 0.418 e. The van der Waals surface area contributed by atoms with Crippen molar-refractivity contribution in [1.82, 2.24) is 20.2 Å². The summed E-state index contributed by atoms with van der Waals surface area (Å²) in [5.41, 5.74) is 6.90. The molecule has 10 nitrogen and oxygen atoms in total. The predicted molar refractivity (Wildman–Crippen MR) is 59.7 cm³/mol. The first kappa shape index (κ1) is 12.3. The first-order chi connectivity index (χ1) is 8.92. The maximum absolute atomic E-state index is 12.1. The van der Waals surface area contributed by atoms with Crippen LogP contribution in [-0.2, 0) is 14.7 Å². The van der Waals surface area contributed by atoms with E-state index in [1.54, 1.807) is 0 Å². The molecule has 0 aliphatic carbocycles. The van der Waals surface area contributed by atoms with Gasteiger partial charge in [0, 0.05) is 12.1 Å². The highest BCUT2D eigenvalue weighted by molar-refractivity contribution is 7.80. The number of urea groups is 1. The quantitative estimate of drug-likeness (QED) is 0.602. The zero-order valence-electron chi connectivity index (χ0n) is 9.55. The van der Waals surface area contributed by atoms with Crippen LogP contribution >= 0.6 is 0 Å². The number of aromatic nitrogens is 2. The predicted octanol–water partition coefficient (Wildman–Crippen LogP) is -1.06. The Morgan fingerprint density at radius 3 is 3.00 bits per heavy atom. The van der Waals surface area contributed by atoms with Crippen LogP contribution in [0.25, 0.3) is 0 Å². The van der Waals surface area contributed by atoms with Gasteiger partial charge in [0.2, 0.25) is 0 Å². The Labute approximate surface area is 108 Å². The van der Waals surface area contributed by atoms with E-state index in [-0.39, 0.29) is 13.1 Å². The van der Waals surface area contributed by atoms with Gasteiger partial charge in [-0.25, -0.2) is 4.79 Å². The molecule has 0 saturated carbocycles. The van der Waals surface area contributed by atoms with Crippen LogP contribution in [0.5, 0.6) is 0 Å². The molecule has 2 atom stereocenters. The number of rotatable bonds is 3. The van der Waals surface area contributed by atoms with E-state index in [1.807, 2.05) is 0 Å². The fourth-order valence-corrected chi connectivity index (χ4v) is 2.88. The smallest absolute Gasteiger partial charge is 0.328 e. The molecule has 3 heterocycles. The van der Waals surface area contributed by atoms with E-state index < -0.39 is 28.5 Å². The van der Waals surface area contributed by atoms with Crippen LogP contribution in [0.15, 0.2) is 6.20 Å². The SMILES string of the molecule is NC[C@@H]1c2[nH]ncc2[C@H]2CN1C(=O)N2OS(=O)(=O)O. The maximum atomic E-state index is 12.1. The van der Waals surface area contributed by atoms with Crippen LogP contribution in [-0.4, -0.2) is 52.3 Å². The summed E-state index contributed by atoms with van der Waals surface area (Å²) in [5, 5.41) is 7.23. The van der Waals surface area contributed by atoms with Crippen LogP contribution in [0, 0.1) is 0 Å². The van der Waals surface area contributed by atoms with Crippen LogP contribution in [0.3, 0.4) is 0 Å². The lowest BCUT2D eigenvalue weighted by Crippen LogP contribution is -2.38. The molecule has 0 aromatic carbocycles. The molecular weight excluding hydrogens is 278 g/mol. The topological polar surface area (TPSA) is 142 Å². The van der Waals surface area contributed by atoms with Crippen molar-refractivity contribution in [2.24, 2.45) is 5.73 Å². The van der Waals surface area contributed by atoms with Gasteiger partial charge in [0.25, 0.3) is 0 Å². The number of amides is 2. The second kappa shape index (κ2) is 3.90. The van der Waals surface area contributed by atoms with Gasteiger partial charge in [-0.3, -0.25) is 9.65 Å². The van der Waals surface area contributed by atoms with Crippen LogP contribution in [0.4, 0.5) is 4.79 Å². The van der Waals surface area contributed by atoms with Crippen molar-refractivity contribution in [3.8, 4) is 0 Å². The Kier molecular flexibility index (Phi) is 2.53. The van der Waals surface area contributed by atoms with Gasteiger partial charge in [0.15, 0.2) is 0 Å². The zero-order valence-corrected chi connectivity index (χ0v) is 10.4. The number of H-pyrrole nitrogens is 1. The molecule has 11 heteroatoms. The Morgan fingerprint density at radius 2 is 2.37 bits per heavy atom. The summed E-state index contributed by atoms with van der Waals surface area (Å²) in [5.74, 6) is 0. The molecule has 2 aliphatic heterocycles. The maximum Gasteiger partial charge on any atom is 0.418 e. The highest BCUT2D eigenvalue weighted by Gasteiger charge is 2.50. The summed E-state index contributed by atoms with van der Waals surface area (Å²) < 4.78 is 34.6. The lowest BCUT2D eigenvalue weighted by atomic mass is 9.98. The molecule has 1 aromatic rings. The number of hydrogen-bond donors (Lipinski definition) is 3. The number of hydroxylamine groups is 2. The molecule has 2 bridgehead atoms. The van der Waals surface area contributed by atoms with Gasteiger partial charge >= 0.3 is 16.4 Å². The third-order valence-electron chi connectivity index (χ3n) is 3.25. The van der Waals surface area contributed by atoms with Gasteiger partial charge in [-0.2, -0.15) is 18.6 Å². The Morgan fingerprint density at radius 1 is 1.63 bits per heavy atom. The first-order valence-corrected chi connectivity index (χ1v) is 6.79. The third kappa shape index (κ3) is 1.78. The van der Waals surface area contributed by atoms with Gasteiger partial charge < -0.3 is 10.6 Å².